The van der Waals surface area contributed by atoms with Gasteiger partial charge in [-0.15, -0.1) is 0 Å². The van der Waals surface area contributed by atoms with Gasteiger partial charge in [0.15, 0.2) is 0 Å². The number of nitrogens with one attached hydrogen (secondary N) is 1. The molecule has 0 radical (unpaired) electrons. The molecule has 1 aromatic rings. The fourth-order valence-electron chi connectivity index (χ4n) is 1.92. The summed E-state index contributed by atoms with van der Waals surface area (Å²) in [6.45, 7) is 7.70. The van der Waals surface area contributed by atoms with E-state index in [-0.39, 0.29) is 5.82 Å². The van der Waals surface area contributed by atoms with Crippen LogP contribution in [0.2, 0.25) is 0 Å². The number of aryl methyl sites for hydroxylation is 1. The first kappa shape index (κ1) is 15.0. The highest BCUT2D eigenvalue weighted by Gasteiger charge is 2.04. The third-order valence-electron chi connectivity index (χ3n) is 3.09. The normalized spacial score (nSPS) is 12.4. The van der Waals surface area contributed by atoms with E-state index in [1.165, 1.54) is 6.07 Å². The van der Waals surface area contributed by atoms with Crippen LogP contribution in [0.5, 0.6) is 5.75 Å². The van der Waals surface area contributed by atoms with Crippen molar-refractivity contribution in [3.05, 3.63) is 29.6 Å². The summed E-state index contributed by atoms with van der Waals surface area (Å²) >= 11 is 0. The number of halogens is 1. The summed E-state index contributed by atoms with van der Waals surface area (Å²) in [4.78, 5) is 0. The maximum Gasteiger partial charge on any atom is 0.129 e. The van der Waals surface area contributed by atoms with Crippen LogP contribution in [0.3, 0.4) is 0 Å². The van der Waals surface area contributed by atoms with Gasteiger partial charge in [-0.25, -0.2) is 4.39 Å². The van der Waals surface area contributed by atoms with E-state index in [4.69, 9.17) is 4.74 Å². The Morgan fingerprint density at radius 2 is 2.11 bits per heavy atom. The average molecular weight is 253 g/mol. The van der Waals surface area contributed by atoms with Gasteiger partial charge in [0.05, 0.1) is 6.61 Å². The maximum atomic E-state index is 13.3. The molecule has 102 valence electrons. The Bertz CT molecular complexity index is 354. The smallest absolute Gasteiger partial charge is 0.129 e. The Balaban J connectivity index is 2.26. The molecule has 1 rings (SSSR count). The minimum atomic E-state index is -0.202. The second-order valence-corrected chi connectivity index (χ2v) is 4.56. The molecule has 3 heteroatoms. The average Bonchev–Trinajstić information content (AvgIpc) is 2.37. The van der Waals surface area contributed by atoms with Crippen molar-refractivity contribution in [2.24, 2.45) is 0 Å². The van der Waals surface area contributed by atoms with Crippen molar-refractivity contribution in [2.75, 3.05) is 13.2 Å². The van der Waals surface area contributed by atoms with Crippen LogP contribution in [0.4, 0.5) is 4.39 Å². The van der Waals surface area contributed by atoms with Crippen molar-refractivity contribution in [3.63, 3.8) is 0 Å². The molecular formula is C15H24FNO. The van der Waals surface area contributed by atoms with Crippen molar-refractivity contribution in [2.45, 2.75) is 46.1 Å². The van der Waals surface area contributed by atoms with Crippen molar-refractivity contribution < 1.29 is 9.13 Å². The molecular weight excluding hydrogens is 229 g/mol. The maximum absolute atomic E-state index is 13.3. The van der Waals surface area contributed by atoms with E-state index in [1.807, 2.05) is 6.07 Å². The van der Waals surface area contributed by atoms with E-state index in [2.05, 4.69) is 19.2 Å². The number of ether oxygens (including phenoxy) is 1. The highest BCUT2D eigenvalue weighted by Crippen LogP contribution is 2.16. The van der Waals surface area contributed by atoms with Gasteiger partial charge in [0.25, 0.3) is 0 Å². The van der Waals surface area contributed by atoms with Gasteiger partial charge in [0, 0.05) is 12.1 Å². The molecule has 0 fully saturated rings. The highest BCUT2D eigenvalue weighted by molar-refractivity contribution is 5.27. The summed E-state index contributed by atoms with van der Waals surface area (Å²) in [7, 11) is 0. The Morgan fingerprint density at radius 3 is 2.72 bits per heavy atom. The molecule has 0 aromatic heterocycles. The number of benzene rings is 1. The third-order valence-corrected chi connectivity index (χ3v) is 3.09. The van der Waals surface area contributed by atoms with E-state index in [0.29, 0.717) is 24.0 Å². The second kappa shape index (κ2) is 8.09. The van der Waals surface area contributed by atoms with Crippen LogP contribution in [-0.4, -0.2) is 19.2 Å². The zero-order valence-electron chi connectivity index (χ0n) is 11.6. The van der Waals surface area contributed by atoms with Gasteiger partial charge in [-0.05, 0) is 44.4 Å². The van der Waals surface area contributed by atoms with Gasteiger partial charge in [0.1, 0.15) is 11.6 Å². The highest BCUT2D eigenvalue weighted by atomic mass is 19.1. The fraction of sp³-hybridized carbons (Fsp3) is 0.600. The Morgan fingerprint density at radius 1 is 1.33 bits per heavy atom. The molecule has 1 unspecified atom stereocenters. The Kier molecular flexibility index (Phi) is 6.73. The zero-order valence-corrected chi connectivity index (χ0v) is 11.6. The van der Waals surface area contributed by atoms with Crippen LogP contribution < -0.4 is 10.1 Å². The topological polar surface area (TPSA) is 21.3 Å². The van der Waals surface area contributed by atoms with E-state index < -0.39 is 0 Å². The zero-order chi connectivity index (χ0) is 13.4. The first-order valence-corrected chi connectivity index (χ1v) is 6.79. The molecule has 0 aliphatic rings. The lowest BCUT2D eigenvalue weighted by Crippen LogP contribution is -2.28. The molecule has 1 atom stereocenters. The van der Waals surface area contributed by atoms with Gasteiger partial charge in [-0.2, -0.15) is 0 Å². The summed E-state index contributed by atoms with van der Waals surface area (Å²) in [5, 5.41) is 3.43. The summed E-state index contributed by atoms with van der Waals surface area (Å²) in [5.41, 5.74) is 0.653. The molecule has 0 saturated heterocycles. The molecule has 2 nitrogen and oxygen atoms in total. The minimum absolute atomic E-state index is 0.202. The first-order valence-electron chi connectivity index (χ1n) is 6.79. The fourth-order valence-corrected chi connectivity index (χ4v) is 1.92. The van der Waals surface area contributed by atoms with Crippen LogP contribution in [0, 0.1) is 12.7 Å². The van der Waals surface area contributed by atoms with E-state index >= 15 is 0 Å². The monoisotopic (exact) mass is 253 g/mol. The molecule has 0 saturated carbocycles. The standard InChI is InChI=1S/C15H24FNO/c1-4-13(17-5-2)7-6-10-18-14-9-8-12(3)15(16)11-14/h8-9,11,13,17H,4-7,10H2,1-3H3. The third kappa shape index (κ3) is 5.05. The molecule has 0 amide bonds. The predicted octanol–water partition coefficient (Wildman–Crippen LogP) is 3.68. The first-order chi connectivity index (χ1) is 8.67. The van der Waals surface area contributed by atoms with Gasteiger partial charge < -0.3 is 10.1 Å². The van der Waals surface area contributed by atoms with E-state index in [0.717, 1.165) is 25.8 Å². The van der Waals surface area contributed by atoms with Gasteiger partial charge in [-0.1, -0.05) is 19.9 Å². The molecule has 1 N–H and O–H groups in total. The summed E-state index contributed by atoms with van der Waals surface area (Å²) < 4.78 is 18.8. The van der Waals surface area contributed by atoms with E-state index in [1.54, 1.807) is 13.0 Å². The number of hydrogen-bond donors (Lipinski definition) is 1. The SMILES string of the molecule is CCNC(CC)CCCOc1ccc(C)c(F)c1. The summed E-state index contributed by atoms with van der Waals surface area (Å²) in [6.07, 6.45) is 3.21. The Hall–Kier alpha value is -1.09. The van der Waals surface area contributed by atoms with Gasteiger partial charge in [0.2, 0.25) is 0 Å². The van der Waals surface area contributed by atoms with Crippen LogP contribution in [0.15, 0.2) is 18.2 Å². The van der Waals surface area contributed by atoms with Crippen LogP contribution >= 0.6 is 0 Å². The lowest BCUT2D eigenvalue weighted by molar-refractivity contribution is 0.293. The molecule has 0 aliphatic heterocycles. The quantitative estimate of drug-likeness (QED) is 0.714. The van der Waals surface area contributed by atoms with Crippen molar-refractivity contribution >= 4 is 0 Å². The van der Waals surface area contributed by atoms with Crippen molar-refractivity contribution in [1.82, 2.24) is 5.32 Å². The molecule has 0 spiro atoms. The van der Waals surface area contributed by atoms with Crippen LogP contribution in [0.1, 0.15) is 38.7 Å². The molecule has 18 heavy (non-hydrogen) atoms. The van der Waals surface area contributed by atoms with Gasteiger partial charge in [-0.3, -0.25) is 0 Å². The predicted molar refractivity (Wildman–Crippen MR) is 73.6 cm³/mol. The lowest BCUT2D eigenvalue weighted by atomic mass is 10.1. The van der Waals surface area contributed by atoms with Crippen molar-refractivity contribution in [3.8, 4) is 5.75 Å². The van der Waals surface area contributed by atoms with Crippen molar-refractivity contribution in [1.29, 1.82) is 0 Å². The Labute approximate surface area is 110 Å². The number of rotatable bonds is 8. The van der Waals surface area contributed by atoms with Crippen LogP contribution in [-0.2, 0) is 0 Å². The second-order valence-electron chi connectivity index (χ2n) is 4.56. The molecule has 0 bridgehead atoms. The molecule has 0 aliphatic carbocycles. The largest absolute Gasteiger partial charge is 0.493 e. The molecule has 0 heterocycles. The van der Waals surface area contributed by atoms with E-state index in [9.17, 15) is 4.39 Å². The summed E-state index contributed by atoms with van der Waals surface area (Å²) in [6, 6.07) is 5.59. The van der Waals surface area contributed by atoms with Gasteiger partial charge >= 0.3 is 0 Å². The van der Waals surface area contributed by atoms with Crippen LogP contribution in [0.25, 0.3) is 0 Å². The minimum Gasteiger partial charge on any atom is -0.493 e. The summed E-state index contributed by atoms with van der Waals surface area (Å²) in [5.74, 6) is 0.418. The number of hydrogen-bond acceptors (Lipinski definition) is 2. The molecule has 1 aromatic carbocycles. The lowest BCUT2D eigenvalue weighted by Gasteiger charge is -2.15.